The van der Waals surface area contributed by atoms with E-state index in [-0.39, 0.29) is 11.8 Å². The van der Waals surface area contributed by atoms with E-state index < -0.39 is 16.7 Å². The van der Waals surface area contributed by atoms with Crippen molar-refractivity contribution in [1.82, 2.24) is 4.90 Å². The number of methoxy groups -OCH3 is 1. The van der Waals surface area contributed by atoms with E-state index >= 15 is 0 Å². The van der Waals surface area contributed by atoms with Crippen LogP contribution in [0.1, 0.15) is 29.5 Å². The van der Waals surface area contributed by atoms with E-state index in [0.29, 0.717) is 6.61 Å². The van der Waals surface area contributed by atoms with Crippen molar-refractivity contribution in [2.45, 2.75) is 23.7 Å². The summed E-state index contributed by atoms with van der Waals surface area (Å²) < 4.78 is 5.76. The summed E-state index contributed by atoms with van der Waals surface area (Å²) in [6.07, 6.45) is 0. The predicted octanol–water partition coefficient (Wildman–Crippen LogP) is 4.29. The van der Waals surface area contributed by atoms with Gasteiger partial charge in [0.1, 0.15) is 5.41 Å². The van der Waals surface area contributed by atoms with Gasteiger partial charge in [0.25, 0.3) is 0 Å². The zero-order valence-corrected chi connectivity index (χ0v) is 18.0. The molecule has 1 fully saturated rings. The Balaban J connectivity index is 1.95. The fourth-order valence-electron chi connectivity index (χ4n) is 5.93. The molecule has 3 unspecified atom stereocenters. The van der Waals surface area contributed by atoms with Crippen molar-refractivity contribution < 1.29 is 14.3 Å². The molecule has 5 rings (SSSR count). The highest BCUT2D eigenvalue weighted by Crippen LogP contribution is 2.62. The molecule has 156 valence electrons. The Morgan fingerprint density at radius 1 is 0.903 bits per heavy atom. The van der Waals surface area contributed by atoms with E-state index in [1.165, 1.54) is 4.90 Å². The van der Waals surface area contributed by atoms with Gasteiger partial charge in [0.15, 0.2) is 0 Å². The number of imide groups is 1. The van der Waals surface area contributed by atoms with Crippen LogP contribution in [0.2, 0.25) is 0 Å². The first kappa shape index (κ1) is 19.7. The van der Waals surface area contributed by atoms with Gasteiger partial charge in [-0.15, -0.1) is 0 Å². The minimum Gasteiger partial charge on any atom is -0.384 e. The highest BCUT2D eigenvalue weighted by molar-refractivity contribution is 6.16. The van der Waals surface area contributed by atoms with Gasteiger partial charge in [-0.2, -0.15) is 0 Å². The number of carbonyl (C=O) groups is 2. The molecule has 0 radical (unpaired) electrons. The summed E-state index contributed by atoms with van der Waals surface area (Å²) in [7, 11) is 3.26. The number of nitrogens with zero attached hydrogens (tertiary/aromatic N) is 1. The number of hydrogen-bond acceptors (Lipinski definition) is 3. The van der Waals surface area contributed by atoms with Crippen molar-refractivity contribution >= 4 is 11.8 Å². The molecule has 1 saturated heterocycles. The summed E-state index contributed by atoms with van der Waals surface area (Å²) in [6, 6.07) is 26.0. The van der Waals surface area contributed by atoms with Crippen molar-refractivity contribution in [2.75, 3.05) is 20.8 Å². The van der Waals surface area contributed by atoms with Crippen LogP contribution in [0.25, 0.3) is 11.1 Å². The van der Waals surface area contributed by atoms with Gasteiger partial charge in [-0.25, -0.2) is 0 Å². The lowest BCUT2D eigenvalue weighted by molar-refractivity contribution is -0.139. The summed E-state index contributed by atoms with van der Waals surface area (Å²) in [6.45, 7) is 2.37. The number of carbonyl (C=O) groups excluding carboxylic acids is 2. The van der Waals surface area contributed by atoms with E-state index in [4.69, 9.17) is 4.74 Å². The molecule has 2 aliphatic rings. The van der Waals surface area contributed by atoms with E-state index in [0.717, 1.165) is 27.8 Å². The first-order chi connectivity index (χ1) is 15.0. The van der Waals surface area contributed by atoms with Gasteiger partial charge in [-0.05, 0) is 27.8 Å². The van der Waals surface area contributed by atoms with Gasteiger partial charge in [0.05, 0.1) is 12.5 Å². The van der Waals surface area contributed by atoms with Crippen molar-refractivity contribution in [3.63, 3.8) is 0 Å². The molecule has 0 aromatic heterocycles. The van der Waals surface area contributed by atoms with E-state index in [1.807, 2.05) is 72.8 Å². The fourth-order valence-corrected chi connectivity index (χ4v) is 5.93. The summed E-state index contributed by atoms with van der Waals surface area (Å²) >= 11 is 0. The maximum absolute atomic E-state index is 14.2. The van der Waals surface area contributed by atoms with Crippen LogP contribution in [-0.4, -0.2) is 37.5 Å². The molecule has 0 spiro atoms. The number of benzene rings is 3. The van der Waals surface area contributed by atoms with Gasteiger partial charge < -0.3 is 4.74 Å². The van der Waals surface area contributed by atoms with Crippen LogP contribution in [0.4, 0.5) is 0 Å². The summed E-state index contributed by atoms with van der Waals surface area (Å²) in [5.74, 6) is -0.950. The third-order valence-corrected chi connectivity index (χ3v) is 7.28. The third-order valence-electron chi connectivity index (χ3n) is 7.28. The number of hydrogen-bond donors (Lipinski definition) is 0. The molecule has 1 aliphatic carbocycles. The summed E-state index contributed by atoms with van der Waals surface area (Å²) in [4.78, 5) is 29.2. The Hall–Kier alpha value is -3.24. The monoisotopic (exact) mass is 411 g/mol. The van der Waals surface area contributed by atoms with Crippen molar-refractivity contribution in [1.29, 1.82) is 0 Å². The number of fused-ring (bicyclic) bond motifs is 6. The van der Waals surface area contributed by atoms with E-state index in [9.17, 15) is 9.59 Å². The second-order valence-electron chi connectivity index (χ2n) is 8.71. The highest BCUT2D eigenvalue weighted by Gasteiger charge is 2.70. The second-order valence-corrected chi connectivity index (χ2v) is 8.71. The topological polar surface area (TPSA) is 46.6 Å². The average Bonchev–Trinajstić information content (AvgIpc) is 3.02. The fraction of sp³-hybridized carbons (Fsp3) is 0.259. The molecule has 4 heteroatoms. The molecule has 31 heavy (non-hydrogen) atoms. The Labute approximate surface area is 182 Å². The molecule has 0 bridgehead atoms. The normalized spacial score (nSPS) is 23.7. The maximum Gasteiger partial charge on any atom is 0.241 e. The zero-order chi connectivity index (χ0) is 21.8. The second kappa shape index (κ2) is 6.89. The SMILES string of the molecule is COCC(C)(c1ccccc1)C12C(=O)N(C)C(=O)C1c1ccccc1-c1ccccc12. The molecule has 3 aromatic rings. The molecule has 1 heterocycles. The average molecular weight is 412 g/mol. The number of likely N-dealkylation sites (tertiary alicyclic amines) is 1. The Bertz CT molecular complexity index is 1190. The van der Waals surface area contributed by atoms with Crippen LogP contribution in [0, 0.1) is 0 Å². The van der Waals surface area contributed by atoms with Crippen LogP contribution in [0.5, 0.6) is 0 Å². The van der Waals surface area contributed by atoms with E-state index in [2.05, 4.69) is 13.0 Å². The predicted molar refractivity (Wildman–Crippen MR) is 120 cm³/mol. The Kier molecular flexibility index (Phi) is 4.38. The lowest BCUT2D eigenvalue weighted by Crippen LogP contribution is -2.58. The van der Waals surface area contributed by atoms with Crippen LogP contribution >= 0.6 is 0 Å². The van der Waals surface area contributed by atoms with Gasteiger partial charge in [0, 0.05) is 19.6 Å². The summed E-state index contributed by atoms with van der Waals surface area (Å²) in [5.41, 5.74) is 2.92. The number of likely N-dealkylation sites (N-methyl/N-ethyl adjacent to an activating group) is 1. The minimum atomic E-state index is -1.11. The van der Waals surface area contributed by atoms with Crippen molar-refractivity contribution in [3.05, 3.63) is 95.6 Å². The van der Waals surface area contributed by atoms with E-state index in [1.54, 1.807) is 14.2 Å². The zero-order valence-electron chi connectivity index (χ0n) is 18.0. The number of amides is 2. The quantitative estimate of drug-likeness (QED) is 0.602. The number of rotatable bonds is 4. The van der Waals surface area contributed by atoms with Crippen LogP contribution in [0.15, 0.2) is 78.9 Å². The molecule has 4 nitrogen and oxygen atoms in total. The minimum absolute atomic E-state index is 0.162. The first-order valence-electron chi connectivity index (χ1n) is 10.5. The van der Waals surface area contributed by atoms with Crippen molar-refractivity contribution in [3.8, 4) is 11.1 Å². The van der Waals surface area contributed by atoms with Gasteiger partial charge in [-0.3, -0.25) is 14.5 Å². The largest absolute Gasteiger partial charge is 0.384 e. The lowest BCUT2D eigenvalue weighted by Gasteiger charge is -2.50. The summed E-state index contributed by atoms with van der Waals surface area (Å²) in [5, 5.41) is 0. The van der Waals surface area contributed by atoms with Gasteiger partial charge in [0.2, 0.25) is 11.8 Å². The lowest BCUT2D eigenvalue weighted by atomic mass is 9.49. The highest BCUT2D eigenvalue weighted by atomic mass is 16.5. The maximum atomic E-state index is 14.2. The molecule has 3 aromatic carbocycles. The smallest absolute Gasteiger partial charge is 0.241 e. The molecule has 0 N–H and O–H groups in total. The molecule has 2 amide bonds. The molecule has 0 saturated carbocycles. The van der Waals surface area contributed by atoms with Gasteiger partial charge >= 0.3 is 0 Å². The van der Waals surface area contributed by atoms with Crippen LogP contribution in [0.3, 0.4) is 0 Å². The molecular formula is C27H25NO3. The van der Waals surface area contributed by atoms with Crippen LogP contribution in [-0.2, 0) is 25.2 Å². The number of ether oxygens (including phenoxy) is 1. The Morgan fingerprint density at radius 3 is 2.23 bits per heavy atom. The molecular weight excluding hydrogens is 386 g/mol. The van der Waals surface area contributed by atoms with Crippen molar-refractivity contribution in [2.24, 2.45) is 0 Å². The third kappa shape index (κ3) is 2.34. The molecule has 3 atom stereocenters. The first-order valence-corrected chi connectivity index (χ1v) is 10.5. The van der Waals surface area contributed by atoms with Crippen LogP contribution < -0.4 is 0 Å². The van der Waals surface area contributed by atoms with Gasteiger partial charge in [-0.1, -0.05) is 85.8 Å². The molecule has 1 aliphatic heterocycles. The standard InChI is InChI=1S/C27H25NO3/c1-26(17-31-3,18-11-5-4-6-12-18)27-22-16-10-9-14-20(22)19-13-7-8-15-21(19)23(27)24(29)28(2)25(27)30/h4-16,23H,17H2,1-3H3. The Morgan fingerprint density at radius 2 is 1.52 bits per heavy atom.